The molecule has 0 aromatic heterocycles. The van der Waals surface area contributed by atoms with Crippen LogP contribution in [0.3, 0.4) is 0 Å². The summed E-state index contributed by atoms with van der Waals surface area (Å²) in [4.78, 5) is 0. The van der Waals surface area contributed by atoms with Gasteiger partial charge < -0.3 is 14.2 Å². The highest BCUT2D eigenvalue weighted by molar-refractivity contribution is 9.10. The first-order chi connectivity index (χ1) is 15.1. The van der Waals surface area contributed by atoms with E-state index in [2.05, 4.69) is 28.1 Å². The number of fused-ring (bicyclic) bond motifs is 3. The molecule has 0 bridgehead atoms. The lowest BCUT2D eigenvalue weighted by Crippen LogP contribution is -2.33. The molecule has 5 nitrogen and oxygen atoms in total. The van der Waals surface area contributed by atoms with Crippen LogP contribution in [0.15, 0.2) is 70.2 Å². The Morgan fingerprint density at radius 3 is 2.52 bits per heavy atom. The van der Waals surface area contributed by atoms with E-state index in [1.54, 1.807) is 14.2 Å². The number of halogens is 2. The number of hydrazone groups is 1. The van der Waals surface area contributed by atoms with Gasteiger partial charge in [0.1, 0.15) is 5.75 Å². The minimum Gasteiger partial charge on any atom is -0.493 e. The Hall–Kier alpha value is -2.70. The van der Waals surface area contributed by atoms with Gasteiger partial charge in [0.15, 0.2) is 11.5 Å². The third kappa shape index (κ3) is 3.64. The van der Waals surface area contributed by atoms with Crippen LogP contribution in [0.1, 0.15) is 35.4 Å². The summed E-state index contributed by atoms with van der Waals surface area (Å²) >= 11 is 9.82. The summed E-state index contributed by atoms with van der Waals surface area (Å²) in [5.74, 6) is 2.20. The predicted octanol–water partition coefficient (Wildman–Crippen LogP) is 6.36. The first-order valence-corrected chi connectivity index (χ1v) is 11.0. The highest BCUT2D eigenvalue weighted by atomic mass is 79.9. The molecule has 0 spiro atoms. The van der Waals surface area contributed by atoms with E-state index in [4.69, 9.17) is 30.9 Å². The molecule has 7 heteroatoms. The number of nitrogens with zero attached hydrogens (tertiary/aromatic N) is 2. The number of hydrogen-bond donors (Lipinski definition) is 0. The Bertz CT molecular complexity index is 1170. The molecule has 0 saturated heterocycles. The van der Waals surface area contributed by atoms with Crippen molar-refractivity contribution in [1.29, 1.82) is 0 Å². The quantitative estimate of drug-likeness (QED) is 0.419. The Morgan fingerprint density at radius 2 is 1.77 bits per heavy atom. The minimum absolute atomic E-state index is 0.0270. The van der Waals surface area contributed by atoms with Gasteiger partial charge >= 0.3 is 0 Å². The van der Waals surface area contributed by atoms with Gasteiger partial charge in [0, 0.05) is 32.6 Å². The van der Waals surface area contributed by atoms with Crippen molar-refractivity contribution in [3.8, 4) is 17.2 Å². The van der Waals surface area contributed by atoms with Crippen LogP contribution in [0.25, 0.3) is 0 Å². The maximum absolute atomic E-state index is 6.39. The fraction of sp³-hybridized carbons (Fsp3) is 0.208. The molecule has 2 aliphatic rings. The summed E-state index contributed by atoms with van der Waals surface area (Å²) < 4.78 is 18.3. The van der Waals surface area contributed by atoms with E-state index in [0.717, 1.165) is 39.0 Å². The number of benzene rings is 3. The molecule has 0 aliphatic carbocycles. The van der Waals surface area contributed by atoms with Gasteiger partial charge in [-0.3, -0.25) is 0 Å². The molecule has 3 aromatic rings. The molecule has 2 heterocycles. The molecule has 2 aliphatic heterocycles. The van der Waals surface area contributed by atoms with Crippen molar-refractivity contribution >= 4 is 33.2 Å². The second-order valence-electron chi connectivity index (χ2n) is 7.42. The third-order valence-corrected chi connectivity index (χ3v) is 6.39. The number of ether oxygens (including phenoxy) is 3. The van der Waals surface area contributed by atoms with Gasteiger partial charge in [-0.15, -0.1) is 0 Å². The summed E-state index contributed by atoms with van der Waals surface area (Å²) in [6, 6.07) is 19.8. The van der Waals surface area contributed by atoms with E-state index in [1.807, 2.05) is 53.5 Å². The summed E-state index contributed by atoms with van der Waals surface area (Å²) in [5, 5.41) is 7.71. The lowest BCUT2D eigenvalue weighted by molar-refractivity contribution is -0.0190. The zero-order valence-electron chi connectivity index (χ0n) is 17.0. The molecule has 31 heavy (non-hydrogen) atoms. The molecule has 0 radical (unpaired) electrons. The van der Waals surface area contributed by atoms with Crippen molar-refractivity contribution in [2.45, 2.75) is 18.7 Å². The van der Waals surface area contributed by atoms with E-state index in [0.29, 0.717) is 16.5 Å². The van der Waals surface area contributed by atoms with Crippen molar-refractivity contribution in [3.05, 3.63) is 86.8 Å². The van der Waals surface area contributed by atoms with Crippen LogP contribution in [0.5, 0.6) is 17.2 Å². The molecule has 0 fully saturated rings. The first kappa shape index (κ1) is 20.2. The Labute approximate surface area is 194 Å². The molecule has 2 atom stereocenters. The maximum atomic E-state index is 6.39. The van der Waals surface area contributed by atoms with Gasteiger partial charge in [-0.1, -0.05) is 39.7 Å². The van der Waals surface area contributed by atoms with Crippen LogP contribution < -0.4 is 14.2 Å². The topological polar surface area (TPSA) is 43.3 Å². The molecule has 0 N–H and O–H groups in total. The summed E-state index contributed by atoms with van der Waals surface area (Å²) in [6.07, 6.45) is 0.406. The molecule has 0 unspecified atom stereocenters. The highest BCUT2D eigenvalue weighted by Crippen LogP contribution is 2.48. The first-order valence-electron chi connectivity index (χ1n) is 9.87. The van der Waals surface area contributed by atoms with Crippen molar-refractivity contribution in [3.63, 3.8) is 0 Å². The second-order valence-corrected chi connectivity index (χ2v) is 8.77. The second kappa shape index (κ2) is 8.09. The highest BCUT2D eigenvalue weighted by Gasteiger charge is 2.41. The van der Waals surface area contributed by atoms with Gasteiger partial charge in [0.2, 0.25) is 6.23 Å². The lowest BCUT2D eigenvalue weighted by Gasteiger charge is -2.38. The van der Waals surface area contributed by atoms with Crippen LogP contribution in [0.2, 0.25) is 5.02 Å². The normalized spacial score (nSPS) is 19.2. The third-order valence-electron chi connectivity index (χ3n) is 5.62. The van der Waals surface area contributed by atoms with E-state index in [9.17, 15) is 0 Å². The van der Waals surface area contributed by atoms with Crippen molar-refractivity contribution in [2.75, 3.05) is 14.2 Å². The van der Waals surface area contributed by atoms with Crippen molar-refractivity contribution in [1.82, 2.24) is 5.01 Å². The van der Waals surface area contributed by atoms with Crippen molar-refractivity contribution in [2.24, 2.45) is 5.10 Å². The maximum Gasteiger partial charge on any atom is 0.213 e. The molecule has 5 rings (SSSR count). The molecule has 0 saturated carbocycles. The van der Waals surface area contributed by atoms with Crippen LogP contribution in [0.4, 0.5) is 0 Å². The van der Waals surface area contributed by atoms with E-state index < -0.39 is 0 Å². The van der Waals surface area contributed by atoms with E-state index in [-0.39, 0.29) is 12.3 Å². The fourth-order valence-corrected chi connectivity index (χ4v) is 4.54. The average molecular weight is 500 g/mol. The summed E-state index contributed by atoms with van der Waals surface area (Å²) in [6.45, 7) is 0. The van der Waals surface area contributed by atoms with E-state index in [1.165, 1.54) is 0 Å². The summed E-state index contributed by atoms with van der Waals surface area (Å²) in [7, 11) is 3.27. The average Bonchev–Trinajstić information content (AvgIpc) is 3.24. The van der Waals surface area contributed by atoms with Gasteiger partial charge in [0.05, 0.1) is 26.0 Å². The van der Waals surface area contributed by atoms with Crippen LogP contribution in [-0.4, -0.2) is 24.9 Å². The van der Waals surface area contributed by atoms with Crippen molar-refractivity contribution < 1.29 is 14.2 Å². The minimum atomic E-state index is -0.329. The molecule has 0 amide bonds. The Balaban J connectivity index is 1.58. The van der Waals surface area contributed by atoms with Gasteiger partial charge in [-0.05, 0) is 48.5 Å². The monoisotopic (exact) mass is 498 g/mol. The zero-order chi connectivity index (χ0) is 21.5. The van der Waals surface area contributed by atoms with Gasteiger partial charge in [-0.2, -0.15) is 5.10 Å². The molecule has 3 aromatic carbocycles. The lowest BCUT2D eigenvalue weighted by atomic mass is 9.95. The zero-order valence-corrected chi connectivity index (χ0v) is 19.4. The Morgan fingerprint density at radius 1 is 1.00 bits per heavy atom. The number of hydrogen-bond acceptors (Lipinski definition) is 5. The molecule has 158 valence electrons. The number of methoxy groups -OCH3 is 2. The largest absolute Gasteiger partial charge is 0.493 e. The van der Waals surface area contributed by atoms with Gasteiger partial charge in [-0.25, -0.2) is 5.01 Å². The Kier molecular flexibility index (Phi) is 5.28. The SMILES string of the molecule is COc1ccc(C2=NN3[C@H](C2)c2cc(Cl)ccc2O[C@H]3c2ccc(Br)cc2)cc1OC. The standard InChI is InChI=1S/C24H20BrClN2O3/c1-29-22-9-5-15(11-23(22)30-2)19-13-20-18-12-17(26)8-10-21(18)31-24(28(20)27-19)14-3-6-16(25)7-4-14/h3-12,20,24H,13H2,1-2H3/t20-,24+/m1/s1. The summed E-state index contributed by atoms with van der Waals surface area (Å²) in [5.41, 5.74) is 4.03. The van der Waals surface area contributed by atoms with Gasteiger partial charge in [0.25, 0.3) is 0 Å². The molecular weight excluding hydrogens is 480 g/mol. The van der Waals surface area contributed by atoms with Crippen LogP contribution in [-0.2, 0) is 0 Å². The van der Waals surface area contributed by atoms with Crippen LogP contribution >= 0.6 is 27.5 Å². The fourth-order valence-electron chi connectivity index (χ4n) is 4.10. The van der Waals surface area contributed by atoms with E-state index >= 15 is 0 Å². The molecular formula is C24H20BrClN2O3. The predicted molar refractivity (Wildman–Crippen MR) is 124 cm³/mol. The smallest absolute Gasteiger partial charge is 0.213 e. The van der Waals surface area contributed by atoms with Crippen LogP contribution in [0, 0.1) is 0 Å². The number of rotatable bonds is 4.